The predicted molar refractivity (Wildman–Crippen MR) is 215 cm³/mol. The second-order valence-electron chi connectivity index (χ2n) is 15.2. The summed E-state index contributed by atoms with van der Waals surface area (Å²) in [6.45, 7) is 7.55. The number of anilines is 6. The van der Waals surface area contributed by atoms with Crippen LogP contribution in [0.5, 0.6) is 0 Å². The molecular formula is C46H34B2N2. The molecule has 0 atom stereocenters. The largest absolute Gasteiger partial charge is 0.312 e. The number of rotatable bonds is 2. The molecule has 0 saturated carbocycles. The van der Waals surface area contributed by atoms with Crippen molar-refractivity contribution in [3.05, 3.63) is 157 Å². The molecule has 0 unspecified atom stereocenters. The third kappa shape index (κ3) is 3.56. The number of benzene rings is 7. The summed E-state index contributed by atoms with van der Waals surface area (Å²) in [4.78, 5) is 5.17. The first-order valence-electron chi connectivity index (χ1n) is 17.9. The maximum absolute atomic E-state index is 2.60. The molecule has 0 saturated heterocycles. The maximum Gasteiger partial charge on any atom is 0.248 e. The van der Waals surface area contributed by atoms with Gasteiger partial charge < -0.3 is 9.80 Å². The van der Waals surface area contributed by atoms with Gasteiger partial charge in [0.1, 0.15) is 0 Å². The molecule has 50 heavy (non-hydrogen) atoms. The molecule has 7 aromatic rings. The van der Waals surface area contributed by atoms with Gasteiger partial charge in [-0.1, -0.05) is 141 Å². The molecular weight excluding hydrogens is 602 g/mol. The summed E-state index contributed by atoms with van der Waals surface area (Å²) in [6.07, 6.45) is 0. The fraction of sp³-hybridized carbons (Fsp3) is 0.0870. The van der Waals surface area contributed by atoms with Gasteiger partial charge in [-0.05, 0) is 97.5 Å². The van der Waals surface area contributed by atoms with Crippen LogP contribution in [-0.2, 0) is 5.41 Å². The van der Waals surface area contributed by atoms with Crippen molar-refractivity contribution >= 4 is 80.3 Å². The van der Waals surface area contributed by atoms with Crippen molar-refractivity contribution in [3.63, 3.8) is 0 Å². The average molecular weight is 636 g/mol. The van der Waals surface area contributed by atoms with E-state index in [9.17, 15) is 0 Å². The molecule has 4 heterocycles. The first kappa shape index (κ1) is 28.1. The maximum atomic E-state index is 2.60. The van der Waals surface area contributed by atoms with Gasteiger partial charge >= 0.3 is 0 Å². The first-order chi connectivity index (χ1) is 24.5. The highest BCUT2D eigenvalue weighted by molar-refractivity contribution is 7.03. The van der Waals surface area contributed by atoms with E-state index in [-0.39, 0.29) is 18.8 Å². The minimum atomic E-state index is -0.179. The second kappa shape index (κ2) is 9.92. The van der Waals surface area contributed by atoms with Crippen LogP contribution in [0.2, 0.25) is 0 Å². The Morgan fingerprint density at radius 2 is 0.880 bits per heavy atom. The van der Waals surface area contributed by atoms with E-state index in [4.69, 9.17) is 0 Å². The van der Waals surface area contributed by atoms with Crippen LogP contribution in [0.4, 0.5) is 34.1 Å². The zero-order valence-corrected chi connectivity index (χ0v) is 28.5. The zero-order chi connectivity index (χ0) is 33.3. The van der Waals surface area contributed by atoms with Gasteiger partial charge in [-0.25, -0.2) is 0 Å². The Labute approximate surface area is 294 Å². The number of fused-ring (bicyclic) bond motifs is 10. The van der Waals surface area contributed by atoms with E-state index in [1.807, 2.05) is 0 Å². The third-order valence-corrected chi connectivity index (χ3v) is 11.5. The predicted octanol–water partition coefficient (Wildman–Crippen LogP) is 7.54. The standard InChI is InChI=1S/C46H34B2N2/c1-46(2,3)41-44-40(49(29-16-6-4-7-17-29)38-26-14-23-34-32-21-11-13-25-36(32)48(44)43(34)38)28-37-45(41)50(30-18-8-5-9-19-30)39-27-15-22-33-31-20-10-12-24-35(31)47(37)42(33)39/h4-28H,1-3H3. The van der Waals surface area contributed by atoms with E-state index in [0.29, 0.717) is 0 Å². The number of para-hydroxylation sites is 2. The number of nitrogens with zero attached hydrogens (tertiary/aromatic N) is 2. The van der Waals surface area contributed by atoms with Crippen LogP contribution in [0.3, 0.4) is 0 Å². The molecule has 0 amide bonds. The molecule has 0 radical (unpaired) electrons. The minimum absolute atomic E-state index is 0.133. The van der Waals surface area contributed by atoms with Crippen molar-refractivity contribution in [1.29, 1.82) is 0 Å². The lowest BCUT2D eigenvalue weighted by atomic mass is 9.33. The summed E-state index contributed by atoms with van der Waals surface area (Å²) < 4.78 is 0. The molecule has 0 spiro atoms. The lowest BCUT2D eigenvalue weighted by Gasteiger charge is -2.45. The second-order valence-corrected chi connectivity index (χ2v) is 15.2. The van der Waals surface area contributed by atoms with Crippen LogP contribution in [0, 0.1) is 0 Å². The molecule has 0 fully saturated rings. The molecule has 0 aromatic heterocycles. The van der Waals surface area contributed by atoms with E-state index >= 15 is 0 Å². The van der Waals surface area contributed by atoms with E-state index < -0.39 is 0 Å². The average Bonchev–Trinajstić information content (AvgIpc) is 3.67. The monoisotopic (exact) mass is 636 g/mol. The van der Waals surface area contributed by atoms with E-state index in [2.05, 4.69) is 182 Å². The Kier molecular flexibility index (Phi) is 5.58. The quantitative estimate of drug-likeness (QED) is 0.181. The fourth-order valence-corrected chi connectivity index (χ4v) is 9.84. The Hall–Kier alpha value is -5.73. The SMILES string of the molecule is CC(C)(C)c1c2c(cc3c1N(c1ccccc1)c1cccc4c1B3c1ccccc1-4)N(c1ccccc1)c1cccc3c1B2c1ccccc1-3. The number of hydrogen-bond acceptors (Lipinski definition) is 2. The van der Waals surface area contributed by atoms with Crippen molar-refractivity contribution in [3.8, 4) is 22.3 Å². The van der Waals surface area contributed by atoms with Crippen molar-refractivity contribution in [1.82, 2.24) is 0 Å². The third-order valence-electron chi connectivity index (χ3n) is 11.5. The van der Waals surface area contributed by atoms with Gasteiger partial charge in [-0.3, -0.25) is 0 Å². The van der Waals surface area contributed by atoms with Crippen LogP contribution in [0.25, 0.3) is 22.3 Å². The lowest BCUT2D eigenvalue weighted by Crippen LogP contribution is -2.61. The Bertz CT molecular complexity index is 2540. The van der Waals surface area contributed by atoms with Crippen molar-refractivity contribution in [2.45, 2.75) is 26.2 Å². The minimum Gasteiger partial charge on any atom is -0.312 e. The van der Waals surface area contributed by atoms with Crippen LogP contribution in [-0.4, -0.2) is 13.4 Å². The topological polar surface area (TPSA) is 6.48 Å². The van der Waals surface area contributed by atoms with Crippen LogP contribution in [0.1, 0.15) is 26.3 Å². The Balaban J connectivity index is 1.34. The summed E-state index contributed by atoms with van der Waals surface area (Å²) in [6, 6.07) is 56.8. The molecule has 4 aliphatic heterocycles. The molecule has 0 bridgehead atoms. The highest BCUT2D eigenvalue weighted by Gasteiger charge is 2.50. The van der Waals surface area contributed by atoms with Gasteiger partial charge in [-0.15, -0.1) is 0 Å². The molecule has 4 aliphatic rings. The summed E-state index contributed by atoms with van der Waals surface area (Å²) >= 11 is 0. The fourth-order valence-electron chi connectivity index (χ4n) is 9.84. The molecule has 2 nitrogen and oxygen atoms in total. The van der Waals surface area contributed by atoms with Crippen LogP contribution in [0.15, 0.2) is 152 Å². The van der Waals surface area contributed by atoms with Crippen molar-refractivity contribution < 1.29 is 0 Å². The van der Waals surface area contributed by atoms with Gasteiger partial charge in [0, 0.05) is 34.1 Å². The van der Waals surface area contributed by atoms with E-state index in [1.165, 1.54) is 94.7 Å². The molecule has 7 aromatic carbocycles. The van der Waals surface area contributed by atoms with E-state index in [1.54, 1.807) is 0 Å². The van der Waals surface area contributed by atoms with Gasteiger partial charge in [0.2, 0.25) is 13.4 Å². The molecule has 0 aliphatic carbocycles. The number of hydrogen-bond donors (Lipinski definition) is 0. The normalized spacial score (nSPS) is 14.1. The highest BCUT2D eigenvalue weighted by Crippen LogP contribution is 2.48. The van der Waals surface area contributed by atoms with Crippen LogP contribution < -0.4 is 42.6 Å². The van der Waals surface area contributed by atoms with Gasteiger partial charge in [0.15, 0.2) is 0 Å². The van der Waals surface area contributed by atoms with Gasteiger partial charge in [0.05, 0.1) is 0 Å². The zero-order valence-electron chi connectivity index (χ0n) is 28.5. The summed E-state index contributed by atoms with van der Waals surface area (Å²) in [5, 5.41) is 0. The van der Waals surface area contributed by atoms with E-state index in [0.717, 1.165) is 0 Å². The molecule has 4 heteroatoms. The molecule has 11 rings (SSSR count). The molecule has 0 N–H and O–H groups in total. The van der Waals surface area contributed by atoms with Gasteiger partial charge in [0.25, 0.3) is 0 Å². The summed E-state index contributed by atoms with van der Waals surface area (Å²) in [5.41, 5.74) is 22.7. The molecule has 234 valence electrons. The van der Waals surface area contributed by atoms with Crippen molar-refractivity contribution in [2.24, 2.45) is 0 Å². The van der Waals surface area contributed by atoms with Gasteiger partial charge in [-0.2, -0.15) is 0 Å². The Morgan fingerprint density at radius 1 is 0.400 bits per heavy atom. The first-order valence-corrected chi connectivity index (χ1v) is 17.9. The Morgan fingerprint density at radius 3 is 1.48 bits per heavy atom. The summed E-state index contributed by atoms with van der Waals surface area (Å²) in [5.74, 6) is 0. The highest BCUT2D eigenvalue weighted by atomic mass is 15.2. The smallest absolute Gasteiger partial charge is 0.248 e. The lowest BCUT2D eigenvalue weighted by molar-refractivity contribution is 0.595. The van der Waals surface area contributed by atoms with Crippen LogP contribution >= 0.6 is 0 Å². The van der Waals surface area contributed by atoms with Crippen molar-refractivity contribution in [2.75, 3.05) is 9.80 Å². The summed E-state index contributed by atoms with van der Waals surface area (Å²) in [7, 11) is 0.